The number of hydrogen-bond acceptors (Lipinski definition) is 6. The third kappa shape index (κ3) is 9.93. The van der Waals surface area contributed by atoms with Crippen molar-refractivity contribution in [3.8, 4) is 22.6 Å². The van der Waals surface area contributed by atoms with Crippen LogP contribution >= 0.6 is 0 Å². The van der Waals surface area contributed by atoms with Gasteiger partial charge in [0.15, 0.2) is 0 Å². The Morgan fingerprint density at radius 1 is 0.654 bits per heavy atom. The molecule has 2 aliphatic rings. The molecular weight excluding hydrogens is 654 g/mol. The number of alkyl carbamates (subject to hydrolysis) is 1. The number of likely N-dealkylation sites (tertiary alicyclic amines) is 2. The van der Waals surface area contributed by atoms with Crippen molar-refractivity contribution in [3.05, 3.63) is 119 Å². The largest absolute Gasteiger partial charge is 0.490 e. The van der Waals surface area contributed by atoms with E-state index in [1.807, 2.05) is 135 Å². The Morgan fingerprint density at radius 2 is 1.13 bits per heavy atom. The fourth-order valence-corrected chi connectivity index (χ4v) is 6.51. The summed E-state index contributed by atoms with van der Waals surface area (Å²) in [5.74, 6) is 1.67. The predicted molar refractivity (Wildman–Crippen MR) is 202 cm³/mol. The Kier molecular flexibility index (Phi) is 11.5. The third-order valence-corrected chi connectivity index (χ3v) is 9.48. The molecule has 0 bridgehead atoms. The summed E-state index contributed by atoms with van der Waals surface area (Å²) in [6.07, 6.45) is 2.66. The van der Waals surface area contributed by atoms with Crippen molar-refractivity contribution < 1.29 is 28.6 Å². The van der Waals surface area contributed by atoms with Gasteiger partial charge in [-0.25, -0.2) is 4.79 Å². The van der Waals surface area contributed by atoms with E-state index in [4.69, 9.17) is 14.2 Å². The van der Waals surface area contributed by atoms with Crippen LogP contribution in [-0.2, 0) is 11.3 Å². The number of rotatable bonds is 9. The van der Waals surface area contributed by atoms with Crippen LogP contribution in [0.2, 0.25) is 0 Å². The number of carbonyl (C=O) groups is 3. The molecule has 2 aliphatic heterocycles. The zero-order valence-corrected chi connectivity index (χ0v) is 30.6. The van der Waals surface area contributed by atoms with Crippen LogP contribution in [0.15, 0.2) is 97.1 Å². The van der Waals surface area contributed by atoms with Crippen molar-refractivity contribution in [2.45, 2.75) is 77.7 Å². The molecule has 9 heteroatoms. The second-order valence-corrected chi connectivity index (χ2v) is 14.7. The van der Waals surface area contributed by atoms with E-state index in [2.05, 4.69) is 5.32 Å². The minimum absolute atomic E-state index is 0.00166. The summed E-state index contributed by atoms with van der Waals surface area (Å²) in [5.41, 5.74) is 5.08. The zero-order chi connectivity index (χ0) is 36.7. The van der Waals surface area contributed by atoms with Crippen molar-refractivity contribution in [2.24, 2.45) is 0 Å². The van der Waals surface area contributed by atoms with Gasteiger partial charge in [-0.2, -0.15) is 0 Å². The van der Waals surface area contributed by atoms with Crippen molar-refractivity contribution >= 4 is 17.9 Å². The van der Waals surface area contributed by atoms with E-state index in [1.165, 1.54) is 0 Å². The average Bonchev–Trinajstić information content (AvgIpc) is 3.14. The van der Waals surface area contributed by atoms with E-state index in [0.29, 0.717) is 51.2 Å². The van der Waals surface area contributed by atoms with Crippen LogP contribution in [0.25, 0.3) is 11.1 Å². The predicted octanol–water partition coefficient (Wildman–Crippen LogP) is 8.05. The van der Waals surface area contributed by atoms with Gasteiger partial charge in [-0.05, 0) is 106 Å². The lowest BCUT2D eigenvalue weighted by Gasteiger charge is -2.33. The molecule has 0 saturated carbocycles. The van der Waals surface area contributed by atoms with Gasteiger partial charge in [0.2, 0.25) is 0 Å². The van der Waals surface area contributed by atoms with Gasteiger partial charge in [-0.1, -0.05) is 54.1 Å². The lowest BCUT2D eigenvalue weighted by atomic mass is 10.0. The minimum atomic E-state index is -0.540. The maximum atomic E-state index is 13.2. The summed E-state index contributed by atoms with van der Waals surface area (Å²) in [7, 11) is 0. The first-order valence-electron chi connectivity index (χ1n) is 18.2. The Bertz CT molecular complexity index is 1800. The molecule has 0 atom stereocenters. The molecule has 2 heterocycles. The van der Waals surface area contributed by atoms with Gasteiger partial charge in [-0.3, -0.25) is 9.59 Å². The number of amides is 3. The highest BCUT2D eigenvalue weighted by atomic mass is 16.6. The van der Waals surface area contributed by atoms with E-state index < -0.39 is 11.7 Å². The van der Waals surface area contributed by atoms with Gasteiger partial charge < -0.3 is 29.3 Å². The van der Waals surface area contributed by atoms with E-state index in [-0.39, 0.29) is 24.0 Å². The smallest absolute Gasteiger partial charge is 0.407 e. The van der Waals surface area contributed by atoms with Crippen LogP contribution in [-0.4, -0.2) is 71.6 Å². The molecule has 52 heavy (non-hydrogen) atoms. The maximum absolute atomic E-state index is 13.2. The molecule has 4 aromatic rings. The molecular formula is C43H49N3O6. The van der Waals surface area contributed by atoms with E-state index in [1.54, 1.807) is 0 Å². The molecule has 0 radical (unpaired) electrons. The van der Waals surface area contributed by atoms with E-state index in [9.17, 15) is 14.4 Å². The standard InChI is InChI=1S/C43H49N3O6/c1-30-5-9-34(10-6-30)40(47)46-27-23-39(24-28-46)51-38-17-7-31(8-18-38)29-50-37-19-15-33(16-20-37)32-11-13-35(14-12-32)41(48)45-25-21-36(22-26-45)44-42(49)52-43(2,3)4/h5-20,36,39H,21-29H2,1-4H3,(H,44,49). The minimum Gasteiger partial charge on any atom is -0.490 e. The van der Waals surface area contributed by atoms with Crippen molar-refractivity contribution in [2.75, 3.05) is 26.2 Å². The molecule has 6 rings (SSSR count). The summed E-state index contributed by atoms with van der Waals surface area (Å²) < 4.78 is 17.7. The van der Waals surface area contributed by atoms with Crippen LogP contribution in [0.3, 0.4) is 0 Å². The number of carbonyl (C=O) groups excluding carboxylic acids is 3. The quantitative estimate of drug-likeness (QED) is 0.190. The number of nitrogens with one attached hydrogen (secondary N) is 1. The molecule has 2 saturated heterocycles. The summed E-state index contributed by atoms with van der Waals surface area (Å²) in [6.45, 7) is 10.5. The topological polar surface area (TPSA) is 97.4 Å². The summed E-state index contributed by atoms with van der Waals surface area (Å²) in [6, 6.07) is 31.4. The summed E-state index contributed by atoms with van der Waals surface area (Å²) >= 11 is 0. The molecule has 0 aliphatic carbocycles. The van der Waals surface area contributed by atoms with Gasteiger partial charge in [0.1, 0.15) is 29.8 Å². The summed E-state index contributed by atoms with van der Waals surface area (Å²) in [4.78, 5) is 41.9. The maximum Gasteiger partial charge on any atom is 0.407 e. The molecule has 2 fully saturated rings. The Hall–Kier alpha value is -5.31. The molecule has 3 amide bonds. The van der Waals surface area contributed by atoms with Crippen LogP contribution in [0.5, 0.6) is 11.5 Å². The number of aryl methyl sites for hydroxylation is 1. The number of nitrogens with zero attached hydrogens (tertiary/aromatic N) is 2. The van der Waals surface area contributed by atoms with Gasteiger partial charge in [-0.15, -0.1) is 0 Å². The monoisotopic (exact) mass is 703 g/mol. The van der Waals surface area contributed by atoms with Crippen LogP contribution in [0.4, 0.5) is 4.79 Å². The van der Waals surface area contributed by atoms with Gasteiger partial charge in [0.25, 0.3) is 11.8 Å². The fraction of sp³-hybridized carbons (Fsp3) is 0.372. The van der Waals surface area contributed by atoms with E-state index >= 15 is 0 Å². The van der Waals surface area contributed by atoms with Crippen LogP contribution in [0.1, 0.15) is 78.3 Å². The highest BCUT2D eigenvalue weighted by Crippen LogP contribution is 2.26. The lowest BCUT2D eigenvalue weighted by molar-refractivity contribution is 0.0472. The summed E-state index contributed by atoms with van der Waals surface area (Å²) in [5, 5.41) is 2.92. The van der Waals surface area contributed by atoms with Crippen LogP contribution in [0, 0.1) is 6.92 Å². The van der Waals surface area contributed by atoms with Crippen molar-refractivity contribution in [1.29, 1.82) is 0 Å². The lowest BCUT2D eigenvalue weighted by Crippen LogP contribution is -2.47. The number of piperidine rings is 2. The van der Waals surface area contributed by atoms with Crippen molar-refractivity contribution in [3.63, 3.8) is 0 Å². The number of hydrogen-bond donors (Lipinski definition) is 1. The Labute approximate surface area is 306 Å². The van der Waals surface area contributed by atoms with Gasteiger partial charge in [0, 0.05) is 56.2 Å². The number of ether oxygens (including phenoxy) is 3. The normalized spacial score (nSPS) is 15.5. The first kappa shape index (κ1) is 36.5. The first-order valence-corrected chi connectivity index (χ1v) is 18.2. The SMILES string of the molecule is Cc1ccc(C(=O)N2CCC(Oc3ccc(COc4ccc(-c5ccc(C(=O)N6CCC(NC(=O)OC(C)(C)C)CC6)cc5)cc4)cc3)CC2)cc1. The fourth-order valence-electron chi connectivity index (χ4n) is 6.51. The average molecular weight is 704 g/mol. The zero-order valence-electron chi connectivity index (χ0n) is 30.6. The highest BCUT2D eigenvalue weighted by molar-refractivity contribution is 5.95. The van der Waals surface area contributed by atoms with Gasteiger partial charge >= 0.3 is 6.09 Å². The molecule has 4 aromatic carbocycles. The van der Waals surface area contributed by atoms with Crippen molar-refractivity contribution in [1.82, 2.24) is 15.1 Å². The third-order valence-electron chi connectivity index (χ3n) is 9.48. The molecule has 1 N–H and O–H groups in total. The molecule has 0 aromatic heterocycles. The molecule has 272 valence electrons. The second-order valence-electron chi connectivity index (χ2n) is 14.7. The first-order chi connectivity index (χ1) is 25.0. The molecule has 9 nitrogen and oxygen atoms in total. The van der Waals surface area contributed by atoms with E-state index in [0.717, 1.165) is 52.2 Å². The molecule has 0 unspecified atom stereocenters. The van der Waals surface area contributed by atoms with Gasteiger partial charge in [0.05, 0.1) is 0 Å². The number of benzene rings is 4. The molecule has 0 spiro atoms. The Balaban J connectivity index is 0.918. The highest BCUT2D eigenvalue weighted by Gasteiger charge is 2.27. The Morgan fingerprint density at radius 3 is 1.67 bits per heavy atom. The van der Waals surface area contributed by atoms with Crippen LogP contribution < -0.4 is 14.8 Å². The second kappa shape index (κ2) is 16.4.